The molecule has 4 heteroatoms. The second kappa shape index (κ2) is 7.27. The predicted molar refractivity (Wildman–Crippen MR) is 96.6 cm³/mol. The van der Waals surface area contributed by atoms with Crippen LogP contribution in [0.15, 0.2) is 42.5 Å². The van der Waals surface area contributed by atoms with Crippen LogP contribution < -0.4 is 10.1 Å². The van der Waals surface area contributed by atoms with E-state index in [1.165, 1.54) is 24.0 Å². The third-order valence-corrected chi connectivity index (χ3v) is 4.80. The zero-order valence-corrected chi connectivity index (χ0v) is 14.8. The summed E-state index contributed by atoms with van der Waals surface area (Å²) in [4.78, 5) is 12.4. The van der Waals surface area contributed by atoms with Crippen molar-refractivity contribution in [2.45, 2.75) is 45.3 Å². The summed E-state index contributed by atoms with van der Waals surface area (Å²) in [6, 6.07) is 13.6. The number of benzene rings is 2. The first-order valence-corrected chi connectivity index (χ1v) is 8.75. The van der Waals surface area contributed by atoms with Gasteiger partial charge in [0.25, 0.3) is 5.91 Å². The minimum atomic E-state index is -0.609. The molecule has 0 radical (unpaired) electrons. The SMILES string of the molecule is C[C@H](Oc1ccccc1Cl)C(=O)N[C@H](C)c1ccc2c(c1)CCC2. The Morgan fingerprint density at radius 2 is 1.88 bits per heavy atom. The summed E-state index contributed by atoms with van der Waals surface area (Å²) < 4.78 is 5.67. The van der Waals surface area contributed by atoms with Gasteiger partial charge in [0.2, 0.25) is 0 Å². The first kappa shape index (κ1) is 16.8. The summed E-state index contributed by atoms with van der Waals surface area (Å²) in [5.74, 6) is 0.370. The van der Waals surface area contributed by atoms with Crippen LogP contribution in [0.1, 0.15) is 43.0 Å². The Hall–Kier alpha value is -2.00. The van der Waals surface area contributed by atoms with Gasteiger partial charge in [-0.25, -0.2) is 0 Å². The number of halogens is 1. The summed E-state index contributed by atoms with van der Waals surface area (Å²) in [5, 5.41) is 3.52. The van der Waals surface area contributed by atoms with Gasteiger partial charge >= 0.3 is 0 Å². The van der Waals surface area contributed by atoms with Crippen molar-refractivity contribution in [3.05, 3.63) is 64.2 Å². The molecule has 0 spiro atoms. The number of hydrogen-bond acceptors (Lipinski definition) is 2. The van der Waals surface area contributed by atoms with E-state index in [9.17, 15) is 4.79 Å². The molecule has 2 aromatic rings. The van der Waals surface area contributed by atoms with Crippen LogP contribution >= 0.6 is 11.6 Å². The fourth-order valence-corrected chi connectivity index (χ4v) is 3.24. The van der Waals surface area contributed by atoms with Gasteiger partial charge in [0, 0.05) is 0 Å². The van der Waals surface area contributed by atoms with Crippen molar-refractivity contribution in [3.8, 4) is 5.75 Å². The predicted octanol–water partition coefficient (Wildman–Crippen LogP) is 4.47. The molecule has 0 heterocycles. The Balaban J connectivity index is 1.62. The third kappa shape index (κ3) is 3.73. The number of nitrogens with one attached hydrogen (secondary N) is 1. The van der Waals surface area contributed by atoms with E-state index >= 15 is 0 Å². The first-order valence-electron chi connectivity index (χ1n) is 8.38. The summed E-state index contributed by atoms with van der Waals surface area (Å²) in [6.07, 6.45) is 2.92. The first-order chi connectivity index (χ1) is 11.5. The Morgan fingerprint density at radius 3 is 2.67 bits per heavy atom. The fourth-order valence-electron chi connectivity index (χ4n) is 3.06. The topological polar surface area (TPSA) is 38.3 Å². The molecule has 1 amide bonds. The number of rotatable bonds is 5. The lowest BCUT2D eigenvalue weighted by molar-refractivity contribution is -0.127. The van der Waals surface area contributed by atoms with Crippen LogP contribution in [0.3, 0.4) is 0 Å². The molecular formula is C20H22ClNO2. The van der Waals surface area contributed by atoms with E-state index in [-0.39, 0.29) is 11.9 Å². The molecule has 0 saturated carbocycles. The highest BCUT2D eigenvalue weighted by molar-refractivity contribution is 6.32. The summed E-state index contributed by atoms with van der Waals surface area (Å²) in [6.45, 7) is 3.73. The van der Waals surface area contributed by atoms with Gasteiger partial charge in [0.15, 0.2) is 6.10 Å². The standard InChI is InChI=1S/C20H22ClNO2/c1-13(16-11-10-15-6-5-7-17(15)12-16)22-20(23)14(2)24-19-9-4-3-8-18(19)21/h3-4,8-14H,5-7H2,1-2H3,(H,22,23)/t13-,14+/m1/s1. The molecule has 1 aliphatic rings. The molecule has 126 valence electrons. The van der Waals surface area contributed by atoms with E-state index in [0.717, 1.165) is 12.0 Å². The van der Waals surface area contributed by atoms with Crippen molar-refractivity contribution in [1.82, 2.24) is 5.32 Å². The molecule has 0 unspecified atom stereocenters. The van der Waals surface area contributed by atoms with Crippen molar-refractivity contribution in [2.24, 2.45) is 0 Å². The van der Waals surface area contributed by atoms with E-state index in [4.69, 9.17) is 16.3 Å². The van der Waals surface area contributed by atoms with Crippen LogP contribution in [-0.4, -0.2) is 12.0 Å². The average Bonchev–Trinajstić information content (AvgIpc) is 3.04. The van der Waals surface area contributed by atoms with Crippen LogP contribution in [0.25, 0.3) is 0 Å². The Bertz CT molecular complexity index is 744. The van der Waals surface area contributed by atoms with Gasteiger partial charge in [-0.1, -0.05) is 41.9 Å². The summed E-state index contributed by atoms with van der Waals surface area (Å²) in [7, 11) is 0. The average molecular weight is 344 g/mol. The van der Waals surface area contributed by atoms with E-state index in [1.807, 2.05) is 19.1 Å². The maximum Gasteiger partial charge on any atom is 0.261 e. The molecule has 24 heavy (non-hydrogen) atoms. The maximum atomic E-state index is 12.4. The van der Waals surface area contributed by atoms with Crippen LogP contribution in [0, 0.1) is 0 Å². The molecule has 0 bridgehead atoms. The van der Waals surface area contributed by atoms with Crippen molar-refractivity contribution >= 4 is 17.5 Å². The smallest absolute Gasteiger partial charge is 0.261 e. The number of carbonyl (C=O) groups excluding carboxylic acids is 1. The quantitative estimate of drug-likeness (QED) is 0.869. The lowest BCUT2D eigenvalue weighted by Crippen LogP contribution is -2.37. The number of para-hydroxylation sites is 1. The second-order valence-corrected chi connectivity index (χ2v) is 6.71. The molecule has 2 aromatic carbocycles. The Kier molecular flexibility index (Phi) is 5.10. The third-order valence-electron chi connectivity index (χ3n) is 4.49. The molecule has 3 rings (SSSR count). The van der Waals surface area contributed by atoms with Gasteiger partial charge in [0.05, 0.1) is 11.1 Å². The van der Waals surface area contributed by atoms with Crippen LogP contribution in [-0.2, 0) is 17.6 Å². The van der Waals surface area contributed by atoms with Crippen LogP contribution in [0.2, 0.25) is 5.02 Å². The summed E-state index contributed by atoms with van der Waals surface area (Å²) >= 11 is 6.07. The molecule has 0 fully saturated rings. The second-order valence-electron chi connectivity index (χ2n) is 6.30. The number of aryl methyl sites for hydroxylation is 2. The van der Waals surface area contributed by atoms with Crippen LogP contribution in [0.5, 0.6) is 5.75 Å². The minimum absolute atomic E-state index is 0.0549. The Labute approximate surface area is 148 Å². The largest absolute Gasteiger partial charge is 0.479 e. The van der Waals surface area contributed by atoms with Gasteiger partial charge in [-0.3, -0.25) is 4.79 Å². The minimum Gasteiger partial charge on any atom is -0.479 e. The number of carbonyl (C=O) groups is 1. The van der Waals surface area contributed by atoms with Crippen molar-refractivity contribution in [3.63, 3.8) is 0 Å². The fraction of sp³-hybridized carbons (Fsp3) is 0.350. The number of hydrogen-bond donors (Lipinski definition) is 1. The van der Waals surface area contributed by atoms with E-state index in [2.05, 4.69) is 23.5 Å². The zero-order valence-electron chi connectivity index (χ0n) is 14.0. The van der Waals surface area contributed by atoms with E-state index < -0.39 is 6.10 Å². The van der Waals surface area contributed by atoms with Gasteiger partial charge in [-0.2, -0.15) is 0 Å². The van der Waals surface area contributed by atoms with Crippen LogP contribution in [0.4, 0.5) is 0 Å². The van der Waals surface area contributed by atoms with Crippen molar-refractivity contribution in [2.75, 3.05) is 0 Å². The van der Waals surface area contributed by atoms with Gasteiger partial charge < -0.3 is 10.1 Å². The highest BCUT2D eigenvalue weighted by atomic mass is 35.5. The maximum absolute atomic E-state index is 12.4. The molecule has 0 saturated heterocycles. The van der Waals surface area contributed by atoms with Gasteiger partial charge in [0.1, 0.15) is 5.75 Å². The summed E-state index contributed by atoms with van der Waals surface area (Å²) in [5.41, 5.74) is 3.98. The molecular weight excluding hydrogens is 322 g/mol. The zero-order chi connectivity index (χ0) is 17.1. The molecule has 1 N–H and O–H groups in total. The van der Waals surface area contributed by atoms with Crippen molar-refractivity contribution < 1.29 is 9.53 Å². The lowest BCUT2D eigenvalue weighted by atomic mass is 10.0. The Morgan fingerprint density at radius 1 is 1.12 bits per heavy atom. The number of amides is 1. The highest BCUT2D eigenvalue weighted by Gasteiger charge is 2.20. The van der Waals surface area contributed by atoms with E-state index in [1.54, 1.807) is 19.1 Å². The molecule has 2 atom stereocenters. The lowest BCUT2D eigenvalue weighted by Gasteiger charge is -2.20. The van der Waals surface area contributed by atoms with Gasteiger partial charge in [-0.15, -0.1) is 0 Å². The van der Waals surface area contributed by atoms with Gasteiger partial charge in [-0.05, 0) is 61.9 Å². The molecule has 3 nitrogen and oxygen atoms in total. The van der Waals surface area contributed by atoms with E-state index in [0.29, 0.717) is 10.8 Å². The molecule has 0 aliphatic heterocycles. The molecule has 1 aliphatic carbocycles. The number of ether oxygens (including phenoxy) is 1. The molecule has 0 aromatic heterocycles. The number of fused-ring (bicyclic) bond motifs is 1. The van der Waals surface area contributed by atoms with Crippen molar-refractivity contribution in [1.29, 1.82) is 0 Å². The monoisotopic (exact) mass is 343 g/mol. The highest BCUT2D eigenvalue weighted by Crippen LogP contribution is 2.26. The normalized spacial score (nSPS) is 15.5.